The summed E-state index contributed by atoms with van der Waals surface area (Å²) in [4.78, 5) is 10.8. The van der Waals surface area contributed by atoms with E-state index in [4.69, 9.17) is 9.84 Å². The molecule has 0 bridgehead atoms. The molecule has 0 aliphatic rings. The lowest BCUT2D eigenvalue weighted by atomic mass is 10.2. The largest absolute Gasteiger partial charge is 0.478 e. The molecule has 88 valence electrons. The Morgan fingerprint density at radius 2 is 2.25 bits per heavy atom. The highest BCUT2D eigenvalue weighted by Crippen LogP contribution is 2.20. The Morgan fingerprint density at radius 1 is 1.56 bits per heavy atom. The van der Waals surface area contributed by atoms with Gasteiger partial charge in [-0.2, -0.15) is 0 Å². The van der Waals surface area contributed by atoms with Crippen LogP contribution in [-0.4, -0.2) is 30.9 Å². The first kappa shape index (κ1) is 12.4. The molecule has 0 amide bonds. The predicted molar refractivity (Wildman–Crippen MR) is 55.1 cm³/mol. The first-order chi connectivity index (χ1) is 7.56. The van der Waals surface area contributed by atoms with Crippen molar-refractivity contribution < 1.29 is 23.8 Å². The van der Waals surface area contributed by atoms with Crippen LogP contribution in [0.2, 0.25) is 0 Å². The van der Waals surface area contributed by atoms with E-state index in [0.29, 0.717) is 5.56 Å². The van der Waals surface area contributed by atoms with Crippen molar-refractivity contribution in [3.8, 4) is 5.75 Å². The van der Waals surface area contributed by atoms with Crippen LogP contribution < -0.4 is 4.74 Å². The number of aliphatic carboxylic acids is 1. The molecule has 1 atom stereocenters. The van der Waals surface area contributed by atoms with Crippen molar-refractivity contribution in [2.24, 2.45) is 0 Å². The Balaban J connectivity index is 2.85. The van der Waals surface area contributed by atoms with Crippen molar-refractivity contribution in [2.45, 2.75) is 13.0 Å². The van der Waals surface area contributed by atoms with Crippen LogP contribution in [0.25, 0.3) is 0 Å². The zero-order valence-electron chi connectivity index (χ0n) is 9.07. The molecule has 0 saturated carbocycles. The van der Waals surface area contributed by atoms with Gasteiger partial charge in [-0.3, -0.25) is 0 Å². The molecule has 0 radical (unpaired) electrons. The minimum Gasteiger partial charge on any atom is -0.478 e. The minimum absolute atomic E-state index is 0.0792. The number of rotatable bonds is 5. The van der Waals surface area contributed by atoms with Gasteiger partial charge in [-0.25, -0.2) is 9.18 Å². The second-order valence-electron chi connectivity index (χ2n) is 3.29. The molecule has 16 heavy (non-hydrogen) atoms. The monoisotopic (exact) mass is 228 g/mol. The quantitative estimate of drug-likeness (QED) is 0.831. The lowest BCUT2D eigenvalue weighted by Crippen LogP contribution is -2.31. The average molecular weight is 228 g/mol. The molecule has 0 aromatic heterocycles. The standard InChI is InChI=1S/C11H13FO4/c1-7-4-3-5-8(10(7)12)16-9(6-15-2)11(13)14/h3-5,9H,6H2,1-2H3,(H,13,14). The zero-order valence-corrected chi connectivity index (χ0v) is 9.07. The number of halogens is 1. The third kappa shape index (κ3) is 2.93. The van der Waals surface area contributed by atoms with E-state index in [1.165, 1.54) is 13.2 Å². The Kier molecular flexibility index (Phi) is 4.25. The third-order valence-electron chi connectivity index (χ3n) is 2.02. The second-order valence-corrected chi connectivity index (χ2v) is 3.29. The molecule has 0 fully saturated rings. The van der Waals surface area contributed by atoms with Gasteiger partial charge < -0.3 is 14.6 Å². The van der Waals surface area contributed by atoms with E-state index in [1.807, 2.05) is 0 Å². The van der Waals surface area contributed by atoms with Crippen molar-refractivity contribution in [3.63, 3.8) is 0 Å². The molecule has 1 unspecified atom stereocenters. The Morgan fingerprint density at radius 3 is 2.81 bits per heavy atom. The normalized spacial score (nSPS) is 12.2. The summed E-state index contributed by atoms with van der Waals surface area (Å²) < 4.78 is 23.2. The van der Waals surface area contributed by atoms with Crippen LogP contribution in [0.3, 0.4) is 0 Å². The minimum atomic E-state index is -1.21. The highest BCUT2D eigenvalue weighted by molar-refractivity contribution is 5.73. The number of benzene rings is 1. The van der Waals surface area contributed by atoms with Crippen LogP contribution in [0.5, 0.6) is 5.75 Å². The molecular weight excluding hydrogens is 215 g/mol. The molecule has 0 saturated heterocycles. The van der Waals surface area contributed by atoms with E-state index in [-0.39, 0.29) is 12.4 Å². The molecule has 1 rings (SSSR count). The second kappa shape index (κ2) is 5.46. The van der Waals surface area contributed by atoms with Gasteiger partial charge in [0.25, 0.3) is 0 Å². The smallest absolute Gasteiger partial charge is 0.347 e. The summed E-state index contributed by atoms with van der Waals surface area (Å²) in [5.74, 6) is -1.82. The third-order valence-corrected chi connectivity index (χ3v) is 2.02. The maximum atomic E-state index is 13.5. The van der Waals surface area contributed by atoms with Gasteiger partial charge in [0.05, 0.1) is 6.61 Å². The van der Waals surface area contributed by atoms with Crippen molar-refractivity contribution >= 4 is 5.97 Å². The van der Waals surface area contributed by atoms with Gasteiger partial charge in [0.1, 0.15) is 0 Å². The van der Waals surface area contributed by atoms with Crippen LogP contribution in [0.15, 0.2) is 18.2 Å². The van der Waals surface area contributed by atoms with Gasteiger partial charge >= 0.3 is 5.97 Å². The van der Waals surface area contributed by atoms with E-state index in [1.54, 1.807) is 19.1 Å². The Hall–Kier alpha value is -1.62. The molecule has 0 aliphatic carbocycles. The first-order valence-electron chi connectivity index (χ1n) is 4.69. The fraction of sp³-hybridized carbons (Fsp3) is 0.364. The number of carboxylic acids is 1. The van der Waals surface area contributed by atoms with Gasteiger partial charge in [0.15, 0.2) is 11.6 Å². The summed E-state index contributed by atoms with van der Waals surface area (Å²) in [6.07, 6.45) is -1.21. The Labute approximate surface area is 92.6 Å². The van der Waals surface area contributed by atoms with Gasteiger partial charge in [0.2, 0.25) is 6.10 Å². The van der Waals surface area contributed by atoms with Crippen LogP contribution in [-0.2, 0) is 9.53 Å². The van der Waals surface area contributed by atoms with Crippen LogP contribution >= 0.6 is 0 Å². The van der Waals surface area contributed by atoms with Gasteiger partial charge in [0, 0.05) is 7.11 Å². The molecule has 1 N–H and O–H groups in total. The molecule has 0 heterocycles. The maximum Gasteiger partial charge on any atom is 0.347 e. The molecule has 1 aromatic rings. The number of methoxy groups -OCH3 is 1. The summed E-state index contributed by atoms with van der Waals surface area (Å²) >= 11 is 0. The fourth-order valence-electron chi connectivity index (χ4n) is 1.17. The lowest BCUT2D eigenvalue weighted by molar-refractivity contribution is -0.147. The highest BCUT2D eigenvalue weighted by Gasteiger charge is 2.21. The summed E-state index contributed by atoms with van der Waals surface area (Å²) in [6, 6.07) is 4.56. The average Bonchev–Trinajstić information content (AvgIpc) is 2.23. The van der Waals surface area contributed by atoms with Crippen molar-refractivity contribution in [1.82, 2.24) is 0 Å². The molecular formula is C11H13FO4. The molecule has 5 heteroatoms. The summed E-state index contributed by atoms with van der Waals surface area (Å²) in [6.45, 7) is 1.44. The highest BCUT2D eigenvalue weighted by atomic mass is 19.1. The maximum absolute atomic E-state index is 13.5. The molecule has 0 aliphatic heterocycles. The number of carbonyl (C=O) groups is 1. The van der Waals surface area contributed by atoms with E-state index >= 15 is 0 Å². The SMILES string of the molecule is COCC(Oc1cccc(C)c1F)C(=O)O. The van der Waals surface area contributed by atoms with Gasteiger partial charge in [-0.05, 0) is 18.6 Å². The van der Waals surface area contributed by atoms with Gasteiger partial charge in [-0.1, -0.05) is 12.1 Å². The number of hydrogen-bond donors (Lipinski definition) is 1. The fourth-order valence-corrected chi connectivity index (χ4v) is 1.17. The summed E-state index contributed by atoms with van der Waals surface area (Å²) in [5.41, 5.74) is 0.402. The number of hydrogen-bond acceptors (Lipinski definition) is 3. The predicted octanol–water partition coefficient (Wildman–Crippen LogP) is 1.61. The van der Waals surface area contributed by atoms with Crippen LogP contribution in [0, 0.1) is 12.7 Å². The number of aryl methyl sites for hydroxylation is 1. The molecule has 0 spiro atoms. The van der Waals surface area contributed by atoms with Crippen molar-refractivity contribution in [2.75, 3.05) is 13.7 Å². The number of carboxylic acid groups (broad SMARTS) is 1. The van der Waals surface area contributed by atoms with Crippen molar-refractivity contribution in [3.05, 3.63) is 29.6 Å². The first-order valence-corrected chi connectivity index (χ1v) is 4.69. The van der Waals surface area contributed by atoms with E-state index < -0.39 is 17.9 Å². The summed E-state index contributed by atoms with van der Waals surface area (Å²) in [5, 5.41) is 8.80. The van der Waals surface area contributed by atoms with Crippen molar-refractivity contribution in [1.29, 1.82) is 0 Å². The van der Waals surface area contributed by atoms with Crippen LogP contribution in [0.4, 0.5) is 4.39 Å². The van der Waals surface area contributed by atoms with E-state index in [2.05, 4.69) is 4.74 Å². The van der Waals surface area contributed by atoms with Gasteiger partial charge in [-0.15, -0.1) is 0 Å². The molecule has 4 nitrogen and oxygen atoms in total. The lowest BCUT2D eigenvalue weighted by Gasteiger charge is -2.15. The summed E-state index contributed by atoms with van der Waals surface area (Å²) in [7, 11) is 1.35. The topological polar surface area (TPSA) is 55.8 Å². The molecule has 1 aromatic carbocycles. The van der Waals surface area contributed by atoms with E-state index in [9.17, 15) is 9.18 Å². The van der Waals surface area contributed by atoms with Crippen LogP contribution in [0.1, 0.15) is 5.56 Å². The zero-order chi connectivity index (χ0) is 12.1. The Bertz CT molecular complexity index is 378. The number of ether oxygens (including phenoxy) is 2. The van der Waals surface area contributed by atoms with E-state index in [0.717, 1.165) is 0 Å².